The Kier molecular flexibility index (Phi) is 4.34. The summed E-state index contributed by atoms with van der Waals surface area (Å²) in [6, 6.07) is -0.117. The topological polar surface area (TPSA) is 69.7 Å². The molecule has 1 N–H and O–H groups in total. The standard InChI is InChI=1S/C15H23N3O3/c1-15(2,3)11-6-8-17(10-11)14(21)16-7-9-18-12(19)4-5-13(18)20/h4-5,11H,6-10H2,1-3H3,(H,16,21)/t11-/m0/s1. The Bertz CT molecular complexity index is 461. The third kappa shape index (κ3) is 3.62. The lowest BCUT2D eigenvalue weighted by Gasteiger charge is -2.27. The number of imide groups is 1. The van der Waals surface area contributed by atoms with Crippen molar-refractivity contribution in [2.24, 2.45) is 11.3 Å². The van der Waals surface area contributed by atoms with Gasteiger partial charge < -0.3 is 10.2 Å². The lowest BCUT2D eigenvalue weighted by atomic mass is 9.80. The number of carbonyl (C=O) groups excluding carboxylic acids is 3. The summed E-state index contributed by atoms with van der Waals surface area (Å²) >= 11 is 0. The SMILES string of the molecule is CC(C)(C)[C@H]1CCN(C(=O)NCCN2C(=O)C=CC2=O)C1. The van der Waals surface area contributed by atoms with Crippen molar-refractivity contribution in [1.29, 1.82) is 0 Å². The van der Waals surface area contributed by atoms with E-state index in [4.69, 9.17) is 0 Å². The average Bonchev–Trinajstić information content (AvgIpc) is 2.99. The fraction of sp³-hybridized carbons (Fsp3) is 0.667. The molecular formula is C15H23N3O3. The zero-order chi connectivity index (χ0) is 15.6. The predicted molar refractivity (Wildman–Crippen MR) is 78.4 cm³/mol. The molecule has 116 valence electrons. The first-order chi connectivity index (χ1) is 9.79. The molecule has 2 aliphatic heterocycles. The maximum atomic E-state index is 12.1. The van der Waals surface area contributed by atoms with Crippen molar-refractivity contribution in [3.8, 4) is 0 Å². The van der Waals surface area contributed by atoms with E-state index < -0.39 is 0 Å². The van der Waals surface area contributed by atoms with Gasteiger partial charge in [0, 0.05) is 38.3 Å². The molecule has 2 rings (SSSR count). The van der Waals surface area contributed by atoms with Gasteiger partial charge in [-0.1, -0.05) is 20.8 Å². The molecule has 6 heteroatoms. The van der Waals surface area contributed by atoms with Gasteiger partial charge in [0.25, 0.3) is 11.8 Å². The lowest BCUT2D eigenvalue weighted by Crippen LogP contribution is -2.43. The second kappa shape index (κ2) is 5.87. The molecule has 0 aromatic carbocycles. The first kappa shape index (κ1) is 15.5. The number of amides is 4. The van der Waals surface area contributed by atoms with E-state index in [-0.39, 0.29) is 36.3 Å². The largest absolute Gasteiger partial charge is 0.336 e. The average molecular weight is 293 g/mol. The van der Waals surface area contributed by atoms with Gasteiger partial charge in [-0.2, -0.15) is 0 Å². The number of nitrogens with one attached hydrogen (secondary N) is 1. The van der Waals surface area contributed by atoms with E-state index in [1.54, 1.807) is 0 Å². The fourth-order valence-electron chi connectivity index (χ4n) is 2.69. The minimum atomic E-state index is -0.316. The number of urea groups is 1. The van der Waals surface area contributed by atoms with Crippen LogP contribution in [0.2, 0.25) is 0 Å². The quantitative estimate of drug-likeness (QED) is 0.789. The molecule has 0 bridgehead atoms. The molecule has 2 heterocycles. The van der Waals surface area contributed by atoms with Crippen LogP contribution in [0.5, 0.6) is 0 Å². The highest BCUT2D eigenvalue weighted by molar-refractivity contribution is 6.12. The van der Waals surface area contributed by atoms with Crippen LogP contribution < -0.4 is 5.32 Å². The van der Waals surface area contributed by atoms with Crippen LogP contribution in [-0.2, 0) is 9.59 Å². The van der Waals surface area contributed by atoms with Gasteiger partial charge in [-0.15, -0.1) is 0 Å². The van der Waals surface area contributed by atoms with E-state index in [1.165, 1.54) is 12.2 Å². The molecule has 1 saturated heterocycles. The molecule has 1 atom stereocenters. The van der Waals surface area contributed by atoms with Crippen LogP contribution in [0.4, 0.5) is 4.79 Å². The third-order valence-corrected chi connectivity index (χ3v) is 4.21. The smallest absolute Gasteiger partial charge is 0.317 e. The second-order valence-corrected chi connectivity index (χ2v) is 6.69. The van der Waals surface area contributed by atoms with E-state index in [1.807, 2.05) is 4.90 Å². The summed E-state index contributed by atoms with van der Waals surface area (Å²) in [6.07, 6.45) is 3.51. The summed E-state index contributed by atoms with van der Waals surface area (Å²) in [5, 5.41) is 2.78. The van der Waals surface area contributed by atoms with E-state index in [0.717, 1.165) is 24.4 Å². The molecular weight excluding hydrogens is 270 g/mol. The molecule has 4 amide bonds. The van der Waals surface area contributed by atoms with Gasteiger partial charge in [0.15, 0.2) is 0 Å². The first-order valence-electron chi connectivity index (χ1n) is 7.35. The van der Waals surface area contributed by atoms with Crippen LogP contribution in [0.3, 0.4) is 0 Å². The van der Waals surface area contributed by atoms with Crippen LogP contribution >= 0.6 is 0 Å². The number of nitrogens with zero attached hydrogens (tertiary/aromatic N) is 2. The minimum Gasteiger partial charge on any atom is -0.336 e. The van der Waals surface area contributed by atoms with Crippen molar-refractivity contribution in [3.05, 3.63) is 12.2 Å². The molecule has 0 unspecified atom stereocenters. The van der Waals surface area contributed by atoms with Gasteiger partial charge in [0.1, 0.15) is 0 Å². The summed E-state index contributed by atoms with van der Waals surface area (Å²) in [4.78, 5) is 37.7. The van der Waals surface area contributed by atoms with Crippen molar-refractivity contribution in [3.63, 3.8) is 0 Å². The van der Waals surface area contributed by atoms with E-state index in [0.29, 0.717) is 5.92 Å². The Balaban J connectivity index is 1.74. The Labute approximate surface area is 125 Å². The van der Waals surface area contributed by atoms with Crippen LogP contribution in [0.15, 0.2) is 12.2 Å². The number of carbonyl (C=O) groups is 3. The Morgan fingerprint density at radius 1 is 1.29 bits per heavy atom. The maximum Gasteiger partial charge on any atom is 0.317 e. The van der Waals surface area contributed by atoms with Crippen LogP contribution in [0.1, 0.15) is 27.2 Å². The zero-order valence-electron chi connectivity index (χ0n) is 12.9. The molecule has 6 nitrogen and oxygen atoms in total. The normalized spacial score (nSPS) is 22.3. The number of hydrogen-bond donors (Lipinski definition) is 1. The zero-order valence-corrected chi connectivity index (χ0v) is 12.9. The van der Waals surface area contributed by atoms with Crippen molar-refractivity contribution in [1.82, 2.24) is 15.1 Å². The van der Waals surface area contributed by atoms with Crippen molar-refractivity contribution in [2.45, 2.75) is 27.2 Å². The van der Waals surface area contributed by atoms with Crippen LogP contribution in [-0.4, -0.2) is 53.8 Å². The van der Waals surface area contributed by atoms with Gasteiger partial charge in [0.05, 0.1) is 0 Å². The number of likely N-dealkylation sites (tertiary alicyclic amines) is 1. The van der Waals surface area contributed by atoms with Gasteiger partial charge in [0.2, 0.25) is 0 Å². The second-order valence-electron chi connectivity index (χ2n) is 6.69. The van der Waals surface area contributed by atoms with Crippen molar-refractivity contribution < 1.29 is 14.4 Å². The van der Waals surface area contributed by atoms with Gasteiger partial charge in [-0.25, -0.2) is 4.79 Å². The molecule has 0 aromatic heterocycles. The molecule has 21 heavy (non-hydrogen) atoms. The summed E-state index contributed by atoms with van der Waals surface area (Å²) < 4.78 is 0. The van der Waals surface area contributed by atoms with Gasteiger partial charge >= 0.3 is 6.03 Å². The number of hydrogen-bond acceptors (Lipinski definition) is 3. The molecule has 0 radical (unpaired) electrons. The third-order valence-electron chi connectivity index (χ3n) is 4.21. The highest BCUT2D eigenvalue weighted by atomic mass is 16.2. The van der Waals surface area contributed by atoms with Crippen molar-refractivity contribution >= 4 is 17.8 Å². The Morgan fingerprint density at radius 3 is 2.43 bits per heavy atom. The fourth-order valence-corrected chi connectivity index (χ4v) is 2.69. The number of rotatable bonds is 3. The monoisotopic (exact) mass is 293 g/mol. The summed E-state index contributed by atoms with van der Waals surface area (Å²) in [5.41, 5.74) is 0.203. The molecule has 2 aliphatic rings. The first-order valence-corrected chi connectivity index (χ1v) is 7.35. The lowest BCUT2D eigenvalue weighted by molar-refractivity contribution is -0.136. The molecule has 0 spiro atoms. The van der Waals surface area contributed by atoms with Gasteiger partial charge in [-0.3, -0.25) is 14.5 Å². The van der Waals surface area contributed by atoms with Crippen LogP contribution in [0.25, 0.3) is 0 Å². The maximum absolute atomic E-state index is 12.1. The summed E-state index contributed by atoms with van der Waals surface area (Å²) in [6.45, 7) is 8.60. The summed E-state index contributed by atoms with van der Waals surface area (Å²) in [5.74, 6) is -0.124. The van der Waals surface area contributed by atoms with Gasteiger partial charge in [-0.05, 0) is 17.8 Å². The molecule has 0 aromatic rings. The van der Waals surface area contributed by atoms with E-state index in [9.17, 15) is 14.4 Å². The molecule has 0 aliphatic carbocycles. The highest BCUT2D eigenvalue weighted by Gasteiger charge is 2.33. The predicted octanol–water partition coefficient (Wildman–Crippen LogP) is 0.989. The highest BCUT2D eigenvalue weighted by Crippen LogP contribution is 2.33. The Hall–Kier alpha value is -1.85. The van der Waals surface area contributed by atoms with Crippen LogP contribution in [0, 0.1) is 11.3 Å². The Morgan fingerprint density at radius 2 is 1.90 bits per heavy atom. The van der Waals surface area contributed by atoms with E-state index in [2.05, 4.69) is 26.1 Å². The van der Waals surface area contributed by atoms with E-state index >= 15 is 0 Å². The molecule has 1 fully saturated rings. The summed E-state index contributed by atoms with van der Waals surface area (Å²) in [7, 11) is 0. The minimum absolute atomic E-state index is 0.117. The van der Waals surface area contributed by atoms with Crippen molar-refractivity contribution in [2.75, 3.05) is 26.2 Å². The molecule has 0 saturated carbocycles.